The molecule has 0 bridgehead atoms. The molecule has 1 fully saturated rings. The highest BCUT2D eigenvalue weighted by Gasteiger charge is 2.23. The first-order valence-corrected chi connectivity index (χ1v) is 9.33. The summed E-state index contributed by atoms with van der Waals surface area (Å²) < 4.78 is 23.5. The van der Waals surface area contributed by atoms with Gasteiger partial charge < -0.3 is 9.80 Å². The molecular formula is C16H21N5O2S. The number of nitrogens with two attached hydrogens (primary N) is 1. The minimum Gasteiger partial charge on any atom is -0.367 e. The fourth-order valence-electron chi connectivity index (χ4n) is 2.77. The molecule has 0 amide bonds. The average molecular weight is 347 g/mol. The molecule has 0 aliphatic carbocycles. The van der Waals surface area contributed by atoms with Crippen molar-refractivity contribution in [1.29, 1.82) is 0 Å². The van der Waals surface area contributed by atoms with Crippen molar-refractivity contribution in [3.8, 4) is 0 Å². The van der Waals surface area contributed by atoms with Crippen molar-refractivity contribution < 1.29 is 8.42 Å². The second-order valence-electron chi connectivity index (χ2n) is 5.93. The molecule has 1 saturated heterocycles. The number of primary sulfonamides is 1. The topological polar surface area (TPSA) is 92.4 Å². The van der Waals surface area contributed by atoms with E-state index >= 15 is 0 Å². The van der Waals surface area contributed by atoms with E-state index in [2.05, 4.69) is 14.9 Å². The fourth-order valence-corrected chi connectivity index (χ4v) is 3.53. The average Bonchev–Trinajstić information content (AvgIpc) is 2.57. The lowest BCUT2D eigenvalue weighted by atomic mass is 10.2. The van der Waals surface area contributed by atoms with E-state index in [1.165, 1.54) is 0 Å². The molecule has 2 heterocycles. The quantitative estimate of drug-likeness (QED) is 0.893. The molecule has 0 radical (unpaired) electrons. The Bertz CT molecular complexity index is 845. The number of para-hydroxylation sites is 1. The number of rotatable bonds is 3. The minimum absolute atomic E-state index is 0.167. The highest BCUT2D eigenvalue weighted by atomic mass is 32.2. The molecule has 1 aromatic heterocycles. The smallest absolute Gasteiger partial charge is 0.240 e. The molecule has 0 atom stereocenters. The van der Waals surface area contributed by atoms with Crippen LogP contribution in [0.25, 0.3) is 0 Å². The van der Waals surface area contributed by atoms with Gasteiger partial charge in [0.25, 0.3) is 0 Å². The van der Waals surface area contributed by atoms with Gasteiger partial charge in [0.2, 0.25) is 16.0 Å². The lowest BCUT2D eigenvalue weighted by Gasteiger charge is -2.36. The summed E-state index contributed by atoms with van der Waals surface area (Å²) in [5.41, 5.74) is 2.70. The van der Waals surface area contributed by atoms with E-state index < -0.39 is 10.0 Å². The number of aromatic nitrogens is 2. The molecule has 1 aliphatic heterocycles. The minimum atomic E-state index is -3.74. The van der Waals surface area contributed by atoms with E-state index in [9.17, 15) is 8.42 Å². The van der Waals surface area contributed by atoms with Gasteiger partial charge in [0.15, 0.2) is 0 Å². The van der Waals surface area contributed by atoms with Crippen molar-refractivity contribution in [2.75, 3.05) is 36.0 Å². The van der Waals surface area contributed by atoms with Crippen LogP contribution >= 0.6 is 0 Å². The van der Waals surface area contributed by atoms with E-state index in [1.54, 1.807) is 18.2 Å². The van der Waals surface area contributed by atoms with Gasteiger partial charge in [0.1, 0.15) is 4.90 Å². The van der Waals surface area contributed by atoms with Crippen molar-refractivity contribution in [2.24, 2.45) is 5.14 Å². The zero-order valence-corrected chi connectivity index (χ0v) is 14.6. The Labute approximate surface area is 142 Å². The molecule has 0 spiro atoms. The number of nitrogens with zero attached hydrogens (tertiary/aromatic N) is 4. The van der Waals surface area contributed by atoms with Crippen molar-refractivity contribution >= 4 is 21.7 Å². The third-order valence-corrected chi connectivity index (χ3v) is 5.25. The van der Waals surface area contributed by atoms with Crippen LogP contribution in [0.2, 0.25) is 0 Å². The molecule has 1 aromatic carbocycles. The van der Waals surface area contributed by atoms with Gasteiger partial charge in [-0.25, -0.2) is 23.5 Å². The van der Waals surface area contributed by atoms with Crippen LogP contribution in [0.4, 0.5) is 11.6 Å². The predicted octanol–water partition coefficient (Wildman–Crippen LogP) is 1.07. The van der Waals surface area contributed by atoms with Gasteiger partial charge in [0, 0.05) is 38.1 Å². The van der Waals surface area contributed by atoms with Gasteiger partial charge >= 0.3 is 0 Å². The lowest BCUT2D eigenvalue weighted by molar-refractivity contribution is 0.595. The van der Waals surface area contributed by atoms with Crippen LogP contribution in [0.1, 0.15) is 11.3 Å². The number of benzene rings is 1. The summed E-state index contributed by atoms with van der Waals surface area (Å²) in [5, 5.41) is 5.33. The summed E-state index contributed by atoms with van der Waals surface area (Å²) in [6, 6.07) is 6.84. The molecule has 0 saturated carbocycles. The second kappa shape index (κ2) is 6.37. The number of sulfonamides is 1. The third kappa shape index (κ3) is 3.34. The maximum atomic E-state index is 11.8. The zero-order valence-electron chi connectivity index (χ0n) is 13.8. The van der Waals surface area contributed by atoms with Gasteiger partial charge in [-0.3, -0.25) is 0 Å². The lowest BCUT2D eigenvalue weighted by Crippen LogP contribution is -2.47. The van der Waals surface area contributed by atoms with Crippen molar-refractivity contribution in [1.82, 2.24) is 9.97 Å². The summed E-state index contributed by atoms with van der Waals surface area (Å²) in [6.07, 6.45) is 1.83. The maximum absolute atomic E-state index is 11.8. The van der Waals surface area contributed by atoms with Crippen LogP contribution in [0.5, 0.6) is 0 Å². The predicted molar refractivity (Wildman–Crippen MR) is 93.7 cm³/mol. The highest BCUT2D eigenvalue weighted by molar-refractivity contribution is 7.89. The molecule has 0 unspecified atom stereocenters. The Balaban J connectivity index is 1.77. The van der Waals surface area contributed by atoms with Crippen LogP contribution in [0.3, 0.4) is 0 Å². The molecule has 128 valence electrons. The summed E-state index contributed by atoms with van der Waals surface area (Å²) in [5.74, 6) is 0.720. The van der Waals surface area contributed by atoms with E-state index in [1.807, 2.05) is 31.0 Å². The molecule has 2 N–H and O–H groups in total. The Hall–Kier alpha value is -2.19. The number of aryl methyl sites for hydroxylation is 2. The number of hydrogen-bond acceptors (Lipinski definition) is 6. The van der Waals surface area contributed by atoms with Gasteiger partial charge in [0.05, 0.1) is 5.69 Å². The van der Waals surface area contributed by atoms with Crippen molar-refractivity contribution in [3.63, 3.8) is 0 Å². The van der Waals surface area contributed by atoms with Crippen LogP contribution in [-0.2, 0) is 10.0 Å². The standard InChI is InChI=1S/C16H21N5O2S/c1-12-11-18-16(19-13(12)2)21-9-7-20(8-10-21)14-5-3-4-6-15(14)24(17,22)23/h3-6,11H,7-10H2,1-2H3,(H2,17,22,23). The SMILES string of the molecule is Cc1cnc(N2CCN(c3ccccc3S(N)(=O)=O)CC2)nc1C. The molecule has 7 nitrogen and oxygen atoms in total. The number of hydrogen-bond donors (Lipinski definition) is 1. The Morgan fingerprint density at radius 3 is 2.29 bits per heavy atom. The van der Waals surface area contributed by atoms with Gasteiger partial charge in [-0.15, -0.1) is 0 Å². The molecule has 3 rings (SSSR count). The molecule has 24 heavy (non-hydrogen) atoms. The van der Waals surface area contributed by atoms with Gasteiger partial charge in [-0.05, 0) is 31.5 Å². The Morgan fingerprint density at radius 1 is 1.04 bits per heavy atom. The molecule has 8 heteroatoms. The van der Waals surface area contributed by atoms with Gasteiger partial charge in [-0.1, -0.05) is 12.1 Å². The molecule has 2 aromatic rings. The summed E-state index contributed by atoms with van der Waals surface area (Å²) in [7, 11) is -3.74. The number of piperazine rings is 1. The Morgan fingerprint density at radius 2 is 1.67 bits per heavy atom. The first-order valence-electron chi connectivity index (χ1n) is 7.78. The summed E-state index contributed by atoms with van der Waals surface area (Å²) >= 11 is 0. The maximum Gasteiger partial charge on any atom is 0.240 e. The highest BCUT2D eigenvalue weighted by Crippen LogP contribution is 2.25. The van der Waals surface area contributed by atoms with E-state index in [0.717, 1.165) is 30.3 Å². The van der Waals surface area contributed by atoms with Crippen LogP contribution < -0.4 is 14.9 Å². The summed E-state index contributed by atoms with van der Waals surface area (Å²) in [4.78, 5) is 13.2. The van der Waals surface area contributed by atoms with Gasteiger partial charge in [-0.2, -0.15) is 0 Å². The first kappa shape index (κ1) is 16.7. The second-order valence-corrected chi connectivity index (χ2v) is 7.46. The summed E-state index contributed by atoms with van der Waals surface area (Å²) in [6.45, 7) is 6.77. The van der Waals surface area contributed by atoms with Crippen molar-refractivity contribution in [2.45, 2.75) is 18.7 Å². The van der Waals surface area contributed by atoms with Crippen LogP contribution in [0.15, 0.2) is 35.4 Å². The van der Waals surface area contributed by atoms with E-state index in [0.29, 0.717) is 18.8 Å². The zero-order chi connectivity index (χ0) is 17.3. The van der Waals surface area contributed by atoms with Crippen LogP contribution in [0, 0.1) is 13.8 Å². The monoisotopic (exact) mass is 347 g/mol. The molecule has 1 aliphatic rings. The first-order chi connectivity index (χ1) is 11.4. The Kier molecular flexibility index (Phi) is 4.42. The fraction of sp³-hybridized carbons (Fsp3) is 0.375. The van der Waals surface area contributed by atoms with E-state index in [4.69, 9.17) is 5.14 Å². The third-order valence-electron chi connectivity index (χ3n) is 4.29. The van der Waals surface area contributed by atoms with Crippen LogP contribution in [-0.4, -0.2) is 44.6 Å². The normalized spacial score (nSPS) is 15.6. The largest absolute Gasteiger partial charge is 0.367 e. The number of anilines is 2. The van der Waals surface area contributed by atoms with Crippen molar-refractivity contribution in [3.05, 3.63) is 41.7 Å². The van der Waals surface area contributed by atoms with E-state index in [-0.39, 0.29) is 4.90 Å². The molecular weight excluding hydrogens is 326 g/mol.